The Kier molecular flexibility index (Phi) is 6.51. The molecular formula is C30H25N7O3. The van der Waals surface area contributed by atoms with E-state index in [2.05, 4.69) is 20.3 Å². The molecule has 0 fully saturated rings. The van der Waals surface area contributed by atoms with Gasteiger partial charge in [-0.15, -0.1) is 0 Å². The number of anilines is 1. The summed E-state index contributed by atoms with van der Waals surface area (Å²) in [7, 11) is 0. The van der Waals surface area contributed by atoms with Crippen LogP contribution in [0.2, 0.25) is 0 Å². The molecule has 10 nitrogen and oxygen atoms in total. The molecule has 198 valence electrons. The zero-order chi connectivity index (χ0) is 27.6. The first kappa shape index (κ1) is 25.0. The number of amides is 1. The van der Waals surface area contributed by atoms with E-state index in [9.17, 15) is 9.59 Å². The van der Waals surface area contributed by atoms with Crippen LogP contribution in [0.5, 0.6) is 0 Å². The van der Waals surface area contributed by atoms with E-state index in [-0.39, 0.29) is 11.6 Å². The van der Waals surface area contributed by atoms with Crippen LogP contribution in [0, 0.1) is 0 Å². The van der Waals surface area contributed by atoms with Crippen molar-refractivity contribution >= 4 is 33.7 Å². The largest absolute Gasteiger partial charge is 0.358 e. The van der Waals surface area contributed by atoms with E-state index < -0.39 is 5.91 Å². The number of H-pyrrole nitrogens is 1. The summed E-state index contributed by atoms with van der Waals surface area (Å²) in [4.78, 5) is 43.2. The van der Waals surface area contributed by atoms with Crippen LogP contribution >= 0.6 is 0 Å². The van der Waals surface area contributed by atoms with Gasteiger partial charge < -0.3 is 10.3 Å². The minimum Gasteiger partial charge on any atom is -0.358 e. The molecule has 0 unspecified atom stereocenters. The lowest BCUT2D eigenvalue weighted by Crippen LogP contribution is -2.28. The molecule has 3 aromatic carbocycles. The van der Waals surface area contributed by atoms with Crippen molar-refractivity contribution < 1.29 is 10.0 Å². The van der Waals surface area contributed by atoms with Crippen molar-refractivity contribution in [2.45, 2.75) is 19.4 Å². The standard InChI is InChI=1S/C30H25N7O3/c1-2-22(34-27-26-24(15-16-31-27)32-17-33-26)28-35-23-10-6-9-21(18-11-13-19(14-12-18)29(38)36-40)25(23)30(39)37(28)20-7-4-3-5-8-20/h3-17,22,40H,2H2,1H3,(H,31,34)(H,32,33)(H,36,38)/t22-/m0/s1. The van der Waals surface area contributed by atoms with E-state index in [4.69, 9.17) is 10.2 Å². The fraction of sp³-hybridized carbons (Fsp3) is 0.100. The lowest BCUT2D eigenvalue weighted by molar-refractivity contribution is 0.0706. The second kappa shape index (κ2) is 10.4. The molecule has 0 saturated carbocycles. The Morgan fingerprint density at radius 1 is 1.00 bits per heavy atom. The summed E-state index contributed by atoms with van der Waals surface area (Å²) in [6, 6.07) is 23.1. The summed E-state index contributed by atoms with van der Waals surface area (Å²) in [5.74, 6) is 0.535. The third kappa shape index (κ3) is 4.36. The van der Waals surface area contributed by atoms with Gasteiger partial charge in [-0.1, -0.05) is 49.4 Å². The molecule has 6 rings (SSSR count). The fourth-order valence-corrected chi connectivity index (χ4v) is 4.90. The highest BCUT2D eigenvalue weighted by Gasteiger charge is 2.23. The van der Waals surface area contributed by atoms with E-state index in [0.29, 0.717) is 51.3 Å². The van der Waals surface area contributed by atoms with Crippen molar-refractivity contribution in [3.63, 3.8) is 0 Å². The molecular weight excluding hydrogens is 506 g/mol. The van der Waals surface area contributed by atoms with Crippen molar-refractivity contribution in [1.29, 1.82) is 0 Å². The number of hydrogen-bond donors (Lipinski definition) is 4. The zero-order valence-corrected chi connectivity index (χ0v) is 21.5. The molecule has 6 aromatic rings. The first-order valence-corrected chi connectivity index (χ1v) is 12.8. The van der Waals surface area contributed by atoms with Crippen LogP contribution in [0.15, 0.2) is 96.2 Å². The number of nitrogens with zero attached hydrogens (tertiary/aromatic N) is 4. The SMILES string of the molecule is CC[C@H](Nc1nccc2[nH]cnc12)c1nc2cccc(-c3ccc(C(=O)NO)cc3)c2c(=O)n1-c1ccccc1. The molecule has 0 radical (unpaired) electrons. The van der Waals surface area contributed by atoms with Gasteiger partial charge in [0.15, 0.2) is 5.82 Å². The quantitative estimate of drug-likeness (QED) is 0.168. The minimum atomic E-state index is -0.611. The Bertz CT molecular complexity index is 1900. The van der Waals surface area contributed by atoms with Gasteiger partial charge in [-0.05, 0) is 53.9 Å². The average Bonchev–Trinajstić information content (AvgIpc) is 3.49. The Morgan fingerprint density at radius 3 is 2.55 bits per heavy atom. The van der Waals surface area contributed by atoms with E-state index >= 15 is 0 Å². The number of rotatable bonds is 7. The second-order valence-electron chi connectivity index (χ2n) is 9.23. The third-order valence-electron chi connectivity index (χ3n) is 6.87. The van der Waals surface area contributed by atoms with E-state index in [0.717, 1.165) is 11.1 Å². The third-order valence-corrected chi connectivity index (χ3v) is 6.87. The van der Waals surface area contributed by atoms with Crippen LogP contribution in [0.3, 0.4) is 0 Å². The number of hydroxylamine groups is 1. The van der Waals surface area contributed by atoms with Gasteiger partial charge in [0.25, 0.3) is 11.5 Å². The molecule has 0 aliphatic carbocycles. The summed E-state index contributed by atoms with van der Waals surface area (Å²) in [5.41, 5.74) is 5.94. The Balaban J connectivity index is 1.55. The molecule has 0 aliphatic heterocycles. The predicted octanol–water partition coefficient (Wildman–Crippen LogP) is 5.01. The van der Waals surface area contributed by atoms with Crippen molar-refractivity contribution in [1.82, 2.24) is 30.0 Å². The number of pyridine rings is 1. The van der Waals surface area contributed by atoms with Gasteiger partial charge in [-0.3, -0.25) is 19.4 Å². The van der Waals surface area contributed by atoms with E-state index in [1.807, 2.05) is 61.5 Å². The number of para-hydroxylation sites is 1. The van der Waals surface area contributed by atoms with Crippen LogP contribution in [0.1, 0.15) is 35.6 Å². The van der Waals surface area contributed by atoms with Crippen molar-refractivity contribution in [3.8, 4) is 16.8 Å². The summed E-state index contributed by atoms with van der Waals surface area (Å²) in [6.45, 7) is 2.02. The predicted molar refractivity (Wildman–Crippen MR) is 153 cm³/mol. The highest BCUT2D eigenvalue weighted by molar-refractivity contribution is 5.97. The van der Waals surface area contributed by atoms with E-state index in [1.54, 1.807) is 46.8 Å². The molecule has 0 bridgehead atoms. The number of aromatic amines is 1. The number of aromatic nitrogens is 5. The van der Waals surface area contributed by atoms with Gasteiger partial charge in [0.05, 0.1) is 34.5 Å². The molecule has 1 atom stereocenters. The normalized spacial score (nSPS) is 11.9. The minimum absolute atomic E-state index is 0.217. The Hall–Kier alpha value is -5.35. The number of benzene rings is 3. The molecule has 40 heavy (non-hydrogen) atoms. The maximum absolute atomic E-state index is 14.4. The zero-order valence-electron chi connectivity index (χ0n) is 21.5. The van der Waals surface area contributed by atoms with Gasteiger partial charge >= 0.3 is 0 Å². The fourth-order valence-electron chi connectivity index (χ4n) is 4.90. The van der Waals surface area contributed by atoms with Gasteiger partial charge in [0, 0.05) is 11.8 Å². The van der Waals surface area contributed by atoms with Crippen LogP contribution < -0.4 is 16.4 Å². The monoisotopic (exact) mass is 531 g/mol. The molecule has 3 heterocycles. The second-order valence-corrected chi connectivity index (χ2v) is 9.23. The van der Waals surface area contributed by atoms with Gasteiger partial charge in [0.1, 0.15) is 11.3 Å². The molecule has 0 spiro atoms. The van der Waals surface area contributed by atoms with Crippen molar-refractivity contribution in [2.75, 3.05) is 5.32 Å². The van der Waals surface area contributed by atoms with Crippen LogP contribution in [-0.2, 0) is 0 Å². The summed E-state index contributed by atoms with van der Waals surface area (Å²) < 4.78 is 1.64. The lowest BCUT2D eigenvalue weighted by Gasteiger charge is -2.23. The first-order chi connectivity index (χ1) is 19.6. The molecule has 4 N–H and O–H groups in total. The maximum atomic E-state index is 14.4. The number of fused-ring (bicyclic) bond motifs is 2. The van der Waals surface area contributed by atoms with Gasteiger partial charge in [-0.2, -0.15) is 0 Å². The van der Waals surface area contributed by atoms with Crippen molar-refractivity contribution in [3.05, 3.63) is 113 Å². The first-order valence-electron chi connectivity index (χ1n) is 12.8. The highest BCUT2D eigenvalue weighted by Crippen LogP contribution is 2.30. The number of carbonyl (C=O) groups is 1. The highest BCUT2D eigenvalue weighted by atomic mass is 16.5. The topological polar surface area (TPSA) is 138 Å². The summed E-state index contributed by atoms with van der Waals surface area (Å²) in [5, 5.41) is 12.9. The number of hydrogen-bond acceptors (Lipinski definition) is 7. The molecule has 1 amide bonds. The van der Waals surface area contributed by atoms with Gasteiger partial charge in [-0.25, -0.2) is 20.4 Å². The van der Waals surface area contributed by atoms with Crippen LogP contribution in [-0.4, -0.2) is 35.6 Å². The van der Waals surface area contributed by atoms with Crippen molar-refractivity contribution in [2.24, 2.45) is 0 Å². The number of imidazole rings is 1. The number of carbonyl (C=O) groups excluding carboxylic acids is 1. The Labute approximate surface area is 228 Å². The summed E-state index contributed by atoms with van der Waals surface area (Å²) in [6.07, 6.45) is 3.95. The molecule has 0 saturated heterocycles. The summed E-state index contributed by atoms with van der Waals surface area (Å²) >= 11 is 0. The smallest absolute Gasteiger partial charge is 0.274 e. The maximum Gasteiger partial charge on any atom is 0.274 e. The van der Waals surface area contributed by atoms with E-state index in [1.165, 1.54) is 0 Å². The molecule has 10 heteroatoms. The van der Waals surface area contributed by atoms with Crippen LogP contribution in [0.25, 0.3) is 38.8 Å². The van der Waals surface area contributed by atoms with Crippen LogP contribution in [0.4, 0.5) is 5.82 Å². The van der Waals surface area contributed by atoms with Gasteiger partial charge in [0.2, 0.25) is 0 Å². The average molecular weight is 532 g/mol. The lowest BCUT2D eigenvalue weighted by atomic mass is 9.99. The number of nitrogens with one attached hydrogen (secondary N) is 3. The molecule has 0 aliphatic rings. The molecule has 3 aromatic heterocycles. The Morgan fingerprint density at radius 2 is 1.80 bits per heavy atom.